The zero-order chi connectivity index (χ0) is 14.7. The van der Waals surface area contributed by atoms with E-state index < -0.39 is 0 Å². The summed E-state index contributed by atoms with van der Waals surface area (Å²) in [4.78, 5) is 12.3. The van der Waals surface area contributed by atoms with E-state index in [9.17, 15) is 4.79 Å². The van der Waals surface area contributed by atoms with Gasteiger partial charge in [-0.15, -0.1) is 0 Å². The van der Waals surface area contributed by atoms with Crippen molar-refractivity contribution in [3.63, 3.8) is 0 Å². The van der Waals surface area contributed by atoms with Gasteiger partial charge >= 0.3 is 0 Å². The summed E-state index contributed by atoms with van der Waals surface area (Å²) in [5.74, 6) is 0.0665. The van der Waals surface area contributed by atoms with Crippen LogP contribution in [0.1, 0.15) is 49.1 Å². The summed E-state index contributed by atoms with van der Waals surface area (Å²) >= 11 is 0. The molecule has 20 heavy (non-hydrogen) atoms. The third kappa shape index (κ3) is 3.20. The Labute approximate surface area is 120 Å². The summed E-state index contributed by atoms with van der Waals surface area (Å²) in [6.45, 7) is 4.55. The van der Waals surface area contributed by atoms with E-state index in [1.54, 1.807) is 0 Å². The molecule has 5 nitrogen and oxygen atoms in total. The van der Waals surface area contributed by atoms with E-state index in [1.165, 1.54) is 6.42 Å². The Morgan fingerprint density at radius 1 is 1.35 bits per heavy atom. The highest BCUT2D eigenvalue weighted by atomic mass is 16.1. The fraction of sp³-hybridized carbons (Fsp3) is 0.733. The molecule has 3 N–H and O–H groups in total. The molecule has 0 spiro atoms. The van der Waals surface area contributed by atoms with Crippen LogP contribution in [0.5, 0.6) is 0 Å². The van der Waals surface area contributed by atoms with Gasteiger partial charge in [-0.2, -0.15) is 5.10 Å². The second kappa shape index (κ2) is 6.39. The highest BCUT2D eigenvalue weighted by Gasteiger charge is 2.27. The van der Waals surface area contributed by atoms with Gasteiger partial charge in [-0.05, 0) is 26.7 Å². The number of rotatable bonds is 3. The van der Waals surface area contributed by atoms with Crippen molar-refractivity contribution in [2.75, 3.05) is 0 Å². The van der Waals surface area contributed by atoms with Crippen molar-refractivity contribution in [2.45, 2.75) is 58.5 Å². The van der Waals surface area contributed by atoms with Gasteiger partial charge in [-0.3, -0.25) is 9.48 Å². The Morgan fingerprint density at radius 3 is 2.70 bits per heavy atom. The van der Waals surface area contributed by atoms with Crippen LogP contribution in [-0.4, -0.2) is 21.7 Å². The topological polar surface area (TPSA) is 72.9 Å². The first-order valence-electron chi connectivity index (χ1n) is 7.53. The number of hydrogen-bond acceptors (Lipinski definition) is 3. The van der Waals surface area contributed by atoms with E-state index in [1.807, 2.05) is 25.6 Å². The molecule has 2 unspecified atom stereocenters. The van der Waals surface area contributed by atoms with E-state index in [4.69, 9.17) is 5.73 Å². The van der Waals surface area contributed by atoms with Crippen molar-refractivity contribution in [3.05, 3.63) is 17.0 Å². The van der Waals surface area contributed by atoms with Crippen molar-refractivity contribution < 1.29 is 4.79 Å². The molecule has 1 aliphatic rings. The summed E-state index contributed by atoms with van der Waals surface area (Å²) in [7, 11) is 1.93. The van der Waals surface area contributed by atoms with Gasteiger partial charge in [0.2, 0.25) is 5.91 Å². The molecule has 1 aromatic heterocycles. The predicted molar refractivity (Wildman–Crippen MR) is 79.1 cm³/mol. The van der Waals surface area contributed by atoms with E-state index in [0.717, 1.165) is 42.6 Å². The van der Waals surface area contributed by atoms with E-state index in [-0.39, 0.29) is 17.9 Å². The Kier molecular flexibility index (Phi) is 4.81. The fourth-order valence-electron chi connectivity index (χ4n) is 3.04. The van der Waals surface area contributed by atoms with Gasteiger partial charge in [-0.25, -0.2) is 0 Å². The van der Waals surface area contributed by atoms with Gasteiger partial charge in [0.1, 0.15) is 0 Å². The van der Waals surface area contributed by atoms with Crippen LogP contribution < -0.4 is 11.1 Å². The van der Waals surface area contributed by atoms with Crippen LogP contribution in [0.4, 0.5) is 0 Å². The number of hydrogen-bond donors (Lipinski definition) is 2. The SMILES string of the molecule is Cc1nn(C)c(C)c1CNC(=O)C1CCCCCC1N. The maximum atomic E-state index is 12.3. The summed E-state index contributed by atoms with van der Waals surface area (Å²) in [6, 6.07) is 0.00796. The molecule has 0 aromatic carbocycles. The molecule has 1 aliphatic carbocycles. The zero-order valence-electron chi connectivity index (χ0n) is 12.8. The van der Waals surface area contributed by atoms with Crippen LogP contribution in [0.25, 0.3) is 0 Å². The smallest absolute Gasteiger partial charge is 0.224 e. The molecule has 0 radical (unpaired) electrons. The number of aryl methyl sites for hydroxylation is 2. The van der Waals surface area contributed by atoms with Gasteiger partial charge in [0.15, 0.2) is 0 Å². The first kappa shape index (κ1) is 15.0. The minimum absolute atomic E-state index is 0.00796. The Hall–Kier alpha value is -1.36. The van der Waals surface area contributed by atoms with Crippen molar-refractivity contribution >= 4 is 5.91 Å². The van der Waals surface area contributed by atoms with Crippen LogP contribution in [-0.2, 0) is 18.4 Å². The molecule has 2 atom stereocenters. The van der Waals surface area contributed by atoms with Crippen LogP contribution in [0, 0.1) is 19.8 Å². The molecular formula is C15H26N4O. The van der Waals surface area contributed by atoms with Crippen LogP contribution in [0.2, 0.25) is 0 Å². The van der Waals surface area contributed by atoms with Crippen molar-refractivity contribution in [1.82, 2.24) is 15.1 Å². The maximum absolute atomic E-state index is 12.3. The fourth-order valence-corrected chi connectivity index (χ4v) is 3.04. The minimum Gasteiger partial charge on any atom is -0.352 e. The van der Waals surface area contributed by atoms with Gasteiger partial charge in [0.25, 0.3) is 0 Å². The maximum Gasteiger partial charge on any atom is 0.224 e. The number of nitrogens with one attached hydrogen (secondary N) is 1. The Morgan fingerprint density at radius 2 is 2.05 bits per heavy atom. The molecular weight excluding hydrogens is 252 g/mol. The first-order chi connectivity index (χ1) is 9.50. The van der Waals surface area contributed by atoms with Crippen LogP contribution >= 0.6 is 0 Å². The van der Waals surface area contributed by atoms with Crippen molar-refractivity contribution in [1.29, 1.82) is 0 Å². The third-order valence-corrected chi connectivity index (χ3v) is 4.50. The standard InChI is InChI=1S/C15H26N4O/c1-10-13(11(2)19(3)18-10)9-17-15(20)12-7-5-4-6-8-14(12)16/h12,14H,4-9,16H2,1-3H3,(H,17,20). The normalized spacial score (nSPS) is 23.4. The minimum atomic E-state index is -0.0326. The number of nitrogens with two attached hydrogens (primary N) is 1. The number of carbonyl (C=O) groups excluding carboxylic acids is 1. The summed E-state index contributed by atoms with van der Waals surface area (Å²) in [5.41, 5.74) is 9.34. The van der Waals surface area contributed by atoms with Crippen LogP contribution in [0.3, 0.4) is 0 Å². The Bertz CT molecular complexity index is 480. The van der Waals surface area contributed by atoms with E-state index in [2.05, 4.69) is 10.4 Å². The molecule has 0 bridgehead atoms. The van der Waals surface area contributed by atoms with E-state index >= 15 is 0 Å². The average molecular weight is 278 g/mol. The summed E-state index contributed by atoms with van der Waals surface area (Å²) < 4.78 is 1.86. The lowest BCUT2D eigenvalue weighted by atomic mass is 9.94. The lowest BCUT2D eigenvalue weighted by Gasteiger charge is -2.20. The van der Waals surface area contributed by atoms with Gasteiger partial charge in [0.05, 0.1) is 11.6 Å². The molecule has 1 fully saturated rings. The molecule has 2 rings (SSSR count). The Balaban J connectivity index is 1.97. The summed E-state index contributed by atoms with van der Waals surface area (Å²) in [5, 5.41) is 7.42. The predicted octanol–water partition coefficient (Wildman–Crippen LogP) is 1.56. The number of carbonyl (C=O) groups is 1. The lowest BCUT2D eigenvalue weighted by molar-refractivity contribution is -0.126. The zero-order valence-corrected chi connectivity index (χ0v) is 12.8. The number of amides is 1. The molecule has 1 saturated carbocycles. The number of nitrogens with zero attached hydrogens (tertiary/aromatic N) is 2. The molecule has 0 aliphatic heterocycles. The van der Waals surface area contributed by atoms with Crippen molar-refractivity contribution in [2.24, 2.45) is 18.7 Å². The van der Waals surface area contributed by atoms with Gasteiger partial charge < -0.3 is 11.1 Å². The molecule has 1 heterocycles. The molecule has 5 heteroatoms. The highest BCUT2D eigenvalue weighted by Crippen LogP contribution is 2.22. The highest BCUT2D eigenvalue weighted by molar-refractivity contribution is 5.79. The monoisotopic (exact) mass is 278 g/mol. The second-order valence-electron chi connectivity index (χ2n) is 5.90. The van der Waals surface area contributed by atoms with Gasteiger partial charge in [-0.1, -0.05) is 19.3 Å². The largest absolute Gasteiger partial charge is 0.352 e. The summed E-state index contributed by atoms with van der Waals surface area (Å²) in [6.07, 6.45) is 5.32. The lowest BCUT2D eigenvalue weighted by Crippen LogP contribution is -2.41. The average Bonchev–Trinajstić information content (AvgIpc) is 2.58. The van der Waals surface area contributed by atoms with Crippen LogP contribution in [0.15, 0.2) is 0 Å². The van der Waals surface area contributed by atoms with Crippen molar-refractivity contribution in [3.8, 4) is 0 Å². The van der Waals surface area contributed by atoms with E-state index in [0.29, 0.717) is 6.54 Å². The first-order valence-corrected chi connectivity index (χ1v) is 7.53. The molecule has 0 saturated heterocycles. The molecule has 112 valence electrons. The third-order valence-electron chi connectivity index (χ3n) is 4.50. The van der Waals surface area contributed by atoms with Gasteiger partial charge in [0, 0.05) is 30.9 Å². The number of aromatic nitrogens is 2. The quantitative estimate of drug-likeness (QED) is 0.824. The second-order valence-corrected chi connectivity index (χ2v) is 5.90. The molecule has 1 amide bonds. The molecule has 1 aromatic rings.